The van der Waals surface area contributed by atoms with Gasteiger partial charge in [-0.05, 0) is 42.7 Å². The molecule has 0 bridgehead atoms. The van der Waals surface area contributed by atoms with Crippen LogP contribution in [-0.2, 0) is 16.0 Å². The van der Waals surface area contributed by atoms with Gasteiger partial charge in [0.2, 0.25) is 0 Å². The van der Waals surface area contributed by atoms with E-state index >= 15 is 0 Å². The summed E-state index contributed by atoms with van der Waals surface area (Å²) in [7, 11) is 0. The summed E-state index contributed by atoms with van der Waals surface area (Å²) in [4.78, 5) is 18.9. The molecule has 0 N–H and O–H groups in total. The Balaban J connectivity index is 1.55. The van der Waals surface area contributed by atoms with Crippen LogP contribution >= 0.6 is 0 Å². The fraction of sp³-hybridized carbons (Fsp3) is 0.320. The zero-order chi connectivity index (χ0) is 20.4. The van der Waals surface area contributed by atoms with Crippen LogP contribution in [-0.4, -0.2) is 22.9 Å². The highest BCUT2D eigenvalue weighted by Gasteiger charge is 2.40. The van der Waals surface area contributed by atoms with Gasteiger partial charge in [-0.3, -0.25) is 4.84 Å². The second-order valence-electron chi connectivity index (χ2n) is 8.58. The topological polar surface area (TPSA) is 38.8 Å². The number of ether oxygens (including phenoxy) is 1. The van der Waals surface area contributed by atoms with Crippen molar-refractivity contribution in [1.82, 2.24) is 5.06 Å². The first-order valence-electron chi connectivity index (χ1n) is 10.1. The molecule has 0 aliphatic carbocycles. The zero-order valence-electron chi connectivity index (χ0n) is 17.2. The summed E-state index contributed by atoms with van der Waals surface area (Å²) in [5.41, 5.74) is 1.68. The average molecular weight is 389 g/mol. The molecule has 0 saturated carbocycles. The van der Waals surface area contributed by atoms with Gasteiger partial charge in [0.25, 0.3) is 0 Å². The van der Waals surface area contributed by atoms with Crippen LogP contribution in [0.15, 0.2) is 72.8 Å². The van der Waals surface area contributed by atoms with Crippen LogP contribution in [0.3, 0.4) is 0 Å². The number of fused-ring (bicyclic) bond motifs is 1. The van der Waals surface area contributed by atoms with E-state index in [0.29, 0.717) is 0 Å². The number of hydroxylamine groups is 2. The minimum Gasteiger partial charge on any atom is -0.442 e. The number of carbonyl (C=O) groups excluding carboxylic acids is 1. The molecule has 1 amide bonds. The Kier molecular flexibility index (Phi) is 5.29. The molecule has 1 aliphatic heterocycles. The van der Waals surface area contributed by atoms with Crippen LogP contribution in [0, 0.1) is 0 Å². The molecule has 4 nitrogen and oxygen atoms in total. The highest BCUT2D eigenvalue weighted by molar-refractivity contribution is 5.83. The van der Waals surface area contributed by atoms with Gasteiger partial charge in [0.1, 0.15) is 5.60 Å². The van der Waals surface area contributed by atoms with Gasteiger partial charge in [-0.25, -0.2) is 4.79 Å². The smallest absolute Gasteiger partial charge is 0.435 e. The normalized spacial score (nSPS) is 19.5. The van der Waals surface area contributed by atoms with Crippen LogP contribution in [0.25, 0.3) is 10.8 Å². The second-order valence-corrected chi connectivity index (χ2v) is 8.58. The molecular weight excluding hydrogens is 362 g/mol. The molecule has 2 unspecified atom stereocenters. The van der Waals surface area contributed by atoms with E-state index in [0.717, 1.165) is 18.4 Å². The first-order valence-corrected chi connectivity index (χ1v) is 10.1. The molecule has 0 spiro atoms. The predicted molar refractivity (Wildman–Crippen MR) is 114 cm³/mol. The third kappa shape index (κ3) is 4.60. The van der Waals surface area contributed by atoms with Crippen molar-refractivity contribution in [2.75, 3.05) is 0 Å². The van der Waals surface area contributed by atoms with E-state index in [2.05, 4.69) is 30.3 Å². The molecule has 3 aromatic rings. The number of rotatable bonds is 3. The van der Waals surface area contributed by atoms with Gasteiger partial charge in [0, 0.05) is 12.8 Å². The summed E-state index contributed by atoms with van der Waals surface area (Å²) in [6, 6.07) is 24.7. The Hall–Kier alpha value is -2.85. The van der Waals surface area contributed by atoms with Crippen molar-refractivity contribution in [3.05, 3.63) is 83.9 Å². The standard InChI is InChI=1S/C25H27NO3/c1-25(2,3)28-24(27)26-23(20-10-5-4-6-11-20)17-22(29-26)16-18-13-14-19-9-7-8-12-21(19)15-18/h4-15,22-23H,16-17H2,1-3H3. The van der Waals surface area contributed by atoms with Crippen molar-refractivity contribution < 1.29 is 14.4 Å². The molecule has 4 rings (SSSR count). The molecule has 29 heavy (non-hydrogen) atoms. The van der Waals surface area contributed by atoms with Gasteiger partial charge in [0.15, 0.2) is 0 Å². The van der Waals surface area contributed by atoms with Gasteiger partial charge >= 0.3 is 6.09 Å². The quantitative estimate of drug-likeness (QED) is 0.546. The highest BCUT2D eigenvalue weighted by atomic mass is 16.7. The van der Waals surface area contributed by atoms with Gasteiger partial charge in [0.05, 0.1) is 12.1 Å². The lowest BCUT2D eigenvalue weighted by molar-refractivity contribution is -0.150. The van der Waals surface area contributed by atoms with Crippen molar-refractivity contribution >= 4 is 16.9 Å². The van der Waals surface area contributed by atoms with Crippen molar-refractivity contribution in [1.29, 1.82) is 0 Å². The van der Waals surface area contributed by atoms with E-state index in [4.69, 9.17) is 9.57 Å². The van der Waals surface area contributed by atoms with E-state index in [-0.39, 0.29) is 12.1 Å². The van der Waals surface area contributed by atoms with Crippen LogP contribution in [0.5, 0.6) is 0 Å². The summed E-state index contributed by atoms with van der Waals surface area (Å²) in [6.45, 7) is 5.60. The van der Waals surface area contributed by atoms with Gasteiger partial charge in [-0.1, -0.05) is 72.8 Å². The summed E-state index contributed by atoms with van der Waals surface area (Å²) < 4.78 is 5.59. The van der Waals surface area contributed by atoms with E-state index < -0.39 is 11.7 Å². The first-order chi connectivity index (χ1) is 13.9. The number of carbonyl (C=O) groups is 1. The van der Waals surface area contributed by atoms with Crippen molar-refractivity contribution in [2.45, 2.75) is 51.4 Å². The molecule has 150 valence electrons. The Morgan fingerprint density at radius 2 is 1.69 bits per heavy atom. The SMILES string of the molecule is CC(C)(C)OC(=O)N1OC(Cc2ccc3ccccc3c2)CC1c1ccccc1. The third-order valence-electron chi connectivity index (χ3n) is 5.07. The summed E-state index contributed by atoms with van der Waals surface area (Å²) >= 11 is 0. The third-order valence-corrected chi connectivity index (χ3v) is 5.07. The molecule has 1 heterocycles. The molecular formula is C25H27NO3. The van der Waals surface area contributed by atoms with Crippen molar-refractivity contribution in [3.63, 3.8) is 0 Å². The van der Waals surface area contributed by atoms with Crippen molar-refractivity contribution in [2.24, 2.45) is 0 Å². The predicted octanol–water partition coefficient (Wildman–Crippen LogP) is 6.06. The lowest BCUT2D eigenvalue weighted by Crippen LogP contribution is -2.36. The second kappa shape index (κ2) is 7.88. The monoisotopic (exact) mass is 389 g/mol. The minimum absolute atomic E-state index is 0.0890. The minimum atomic E-state index is -0.571. The lowest BCUT2D eigenvalue weighted by atomic mass is 9.97. The first kappa shape index (κ1) is 19.5. The molecule has 1 aliphatic rings. The number of hydrogen-bond donors (Lipinski definition) is 0. The maximum absolute atomic E-state index is 12.8. The maximum Gasteiger partial charge on any atom is 0.435 e. The zero-order valence-corrected chi connectivity index (χ0v) is 17.2. The summed E-state index contributed by atoms with van der Waals surface area (Å²) in [5.74, 6) is 0. The van der Waals surface area contributed by atoms with Crippen LogP contribution < -0.4 is 0 Å². The number of benzene rings is 3. The maximum atomic E-state index is 12.8. The number of hydrogen-bond acceptors (Lipinski definition) is 3. The average Bonchev–Trinajstić information content (AvgIpc) is 3.11. The summed E-state index contributed by atoms with van der Waals surface area (Å²) in [6.07, 6.45) is 0.949. The molecule has 0 aromatic heterocycles. The Bertz CT molecular complexity index is 994. The lowest BCUT2D eigenvalue weighted by Gasteiger charge is -2.27. The summed E-state index contributed by atoms with van der Waals surface area (Å²) in [5, 5.41) is 3.86. The molecule has 0 radical (unpaired) electrons. The fourth-order valence-corrected chi connectivity index (χ4v) is 3.79. The van der Waals surface area contributed by atoms with E-state index in [1.165, 1.54) is 21.4 Å². The largest absolute Gasteiger partial charge is 0.442 e. The molecule has 4 heteroatoms. The van der Waals surface area contributed by atoms with Gasteiger partial charge < -0.3 is 4.74 Å². The van der Waals surface area contributed by atoms with E-state index in [1.807, 2.05) is 63.2 Å². The molecule has 2 atom stereocenters. The Labute approximate surface area is 172 Å². The fourth-order valence-electron chi connectivity index (χ4n) is 3.79. The number of nitrogens with zero attached hydrogens (tertiary/aromatic N) is 1. The highest BCUT2D eigenvalue weighted by Crippen LogP contribution is 2.36. The molecule has 1 fully saturated rings. The van der Waals surface area contributed by atoms with Crippen LogP contribution in [0.1, 0.15) is 44.4 Å². The van der Waals surface area contributed by atoms with E-state index in [9.17, 15) is 4.79 Å². The molecule has 3 aromatic carbocycles. The Morgan fingerprint density at radius 1 is 1.00 bits per heavy atom. The van der Waals surface area contributed by atoms with E-state index in [1.54, 1.807) is 0 Å². The number of amides is 1. The van der Waals surface area contributed by atoms with Gasteiger partial charge in [-0.15, -0.1) is 0 Å². The van der Waals surface area contributed by atoms with Crippen LogP contribution in [0.4, 0.5) is 4.79 Å². The molecule has 1 saturated heterocycles. The van der Waals surface area contributed by atoms with Gasteiger partial charge in [-0.2, -0.15) is 5.06 Å². The van der Waals surface area contributed by atoms with Crippen LogP contribution in [0.2, 0.25) is 0 Å². The Morgan fingerprint density at radius 3 is 2.41 bits per heavy atom. The van der Waals surface area contributed by atoms with Crippen molar-refractivity contribution in [3.8, 4) is 0 Å².